The van der Waals surface area contributed by atoms with E-state index in [2.05, 4.69) is 15.4 Å². The number of hydrogen-bond acceptors (Lipinski definition) is 6. The van der Waals surface area contributed by atoms with E-state index in [4.69, 9.17) is 9.47 Å². The third-order valence-electron chi connectivity index (χ3n) is 4.51. The molecule has 28 heavy (non-hydrogen) atoms. The molecule has 0 saturated carbocycles. The second kappa shape index (κ2) is 7.53. The zero-order chi connectivity index (χ0) is 19.6. The summed E-state index contributed by atoms with van der Waals surface area (Å²) in [5.41, 5.74) is -0.781. The van der Waals surface area contributed by atoms with Gasteiger partial charge in [0.1, 0.15) is 29.9 Å². The monoisotopic (exact) mass is 388 g/mol. The van der Waals surface area contributed by atoms with Crippen LogP contribution in [0.3, 0.4) is 0 Å². The molecule has 0 bridgehead atoms. The lowest BCUT2D eigenvalue weighted by Crippen LogP contribution is -2.42. The smallest absolute Gasteiger partial charge is 0.231 e. The number of aliphatic hydroxyl groups is 1. The topological polar surface area (TPSA) is 81.4 Å². The van der Waals surface area contributed by atoms with Crippen LogP contribution in [0.5, 0.6) is 11.5 Å². The van der Waals surface area contributed by atoms with Gasteiger partial charge in [0.05, 0.1) is 6.54 Å². The van der Waals surface area contributed by atoms with E-state index in [1.165, 1.54) is 23.4 Å². The Morgan fingerprint density at radius 1 is 1.14 bits per heavy atom. The van der Waals surface area contributed by atoms with Crippen LogP contribution in [-0.4, -0.2) is 33.2 Å². The Hall–Kier alpha value is -3.04. The highest BCUT2D eigenvalue weighted by atomic mass is 19.1. The van der Waals surface area contributed by atoms with Gasteiger partial charge in [-0.25, -0.2) is 18.4 Å². The fraction of sp³-hybridized carbons (Fsp3) is 0.263. The van der Waals surface area contributed by atoms with E-state index in [0.29, 0.717) is 18.0 Å². The quantitative estimate of drug-likeness (QED) is 0.644. The van der Waals surface area contributed by atoms with Crippen molar-refractivity contribution in [2.24, 2.45) is 0 Å². The number of rotatable bonds is 7. The van der Waals surface area contributed by atoms with Crippen LogP contribution < -0.4 is 14.8 Å². The summed E-state index contributed by atoms with van der Waals surface area (Å²) in [7, 11) is 0. The van der Waals surface area contributed by atoms with Crippen molar-refractivity contribution in [1.82, 2.24) is 20.1 Å². The number of halogens is 2. The molecule has 2 aromatic carbocycles. The van der Waals surface area contributed by atoms with E-state index in [0.717, 1.165) is 17.7 Å². The Morgan fingerprint density at radius 3 is 2.79 bits per heavy atom. The number of nitrogens with zero attached hydrogens (tertiary/aromatic N) is 3. The average molecular weight is 388 g/mol. The number of nitrogens with one attached hydrogen (secondary N) is 1. The van der Waals surface area contributed by atoms with Gasteiger partial charge in [0.2, 0.25) is 6.79 Å². The van der Waals surface area contributed by atoms with E-state index >= 15 is 0 Å². The minimum absolute atomic E-state index is 0.00382. The van der Waals surface area contributed by atoms with Gasteiger partial charge in [-0.15, -0.1) is 0 Å². The summed E-state index contributed by atoms with van der Waals surface area (Å²) in [6.07, 6.45) is 2.74. The van der Waals surface area contributed by atoms with Crippen molar-refractivity contribution in [3.8, 4) is 11.5 Å². The second-order valence-corrected chi connectivity index (χ2v) is 6.54. The van der Waals surface area contributed by atoms with Crippen molar-refractivity contribution in [1.29, 1.82) is 0 Å². The molecule has 1 aliphatic heterocycles. The van der Waals surface area contributed by atoms with Crippen LogP contribution >= 0.6 is 0 Å². The van der Waals surface area contributed by atoms with Crippen molar-refractivity contribution < 1.29 is 23.4 Å². The lowest BCUT2D eigenvalue weighted by Gasteiger charge is -2.29. The summed E-state index contributed by atoms with van der Waals surface area (Å²) in [5.74, 6) is -0.202. The van der Waals surface area contributed by atoms with E-state index < -0.39 is 17.2 Å². The van der Waals surface area contributed by atoms with E-state index in [9.17, 15) is 13.9 Å². The van der Waals surface area contributed by atoms with Crippen molar-refractivity contribution in [2.45, 2.75) is 18.7 Å². The molecule has 1 aliphatic rings. The summed E-state index contributed by atoms with van der Waals surface area (Å²) in [4.78, 5) is 3.84. The molecule has 2 heterocycles. The number of fused-ring (bicyclic) bond motifs is 1. The molecular formula is C19H18F2N4O3. The molecule has 1 aromatic heterocycles. The third-order valence-corrected chi connectivity index (χ3v) is 4.51. The van der Waals surface area contributed by atoms with Crippen LogP contribution in [0.4, 0.5) is 8.78 Å². The summed E-state index contributed by atoms with van der Waals surface area (Å²) in [5, 5.41) is 18.3. The molecule has 7 nitrogen and oxygen atoms in total. The van der Waals surface area contributed by atoms with Crippen LogP contribution in [0, 0.1) is 11.6 Å². The second-order valence-electron chi connectivity index (χ2n) is 6.54. The molecule has 4 rings (SSSR count). The molecule has 0 aliphatic carbocycles. The summed E-state index contributed by atoms with van der Waals surface area (Å²) >= 11 is 0. The first-order valence-corrected chi connectivity index (χ1v) is 8.63. The van der Waals surface area contributed by atoms with Gasteiger partial charge in [-0.3, -0.25) is 0 Å². The van der Waals surface area contributed by atoms with Gasteiger partial charge in [-0.1, -0.05) is 12.1 Å². The van der Waals surface area contributed by atoms with Crippen LogP contribution in [-0.2, 0) is 18.7 Å². The normalized spacial score (nSPS) is 14.8. The lowest BCUT2D eigenvalue weighted by molar-refractivity contribution is 0.0117. The Balaban J connectivity index is 1.52. The van der Waals surface area contributed by atoms with Gasteiger partial charge in [-0.2, -0.15) is 5.10 Å². The first kappa shape index (κ1) is 18.3. The Bertz CT molecular complexity index is 968. The number of aromatic nitrogens is 3. The largest absolute Gasteiger partial charge is 0.454 e. The number of hydrogen-bond donors (Lipinski definition) is 2. The number of ether oxygens (including phenoxy) is 2. The molecule has 9 heteroatoms. The van der Waals surface area contributed by atoms with Crippen molar-refractivity contribution in [2.75, 3.05) is 13.3 Å². The molecule has 1 atom stereocenters. The molecule has 1 unspecified atom stereocenters. The van der Waals surface area contributed by atoms with Crippen LogP contribution in [0.1, 0.15) is 11.1 Å². The number of benzene rings is 2. The maximum Gasteiger partial charge on any atom is 0.231 e. The van der Waals surface area contributed by atoms with Gasteiger partial charge < -0.3 is 19.9 Å². The molecule has 0 fully saturated rings. The zero-order valence-electron chi connectivity index (χ0n) is 14.8. The maximum atomic E-state index is 14.4. The maximum absolute atomic E-state index is 14.4. The summed E-state index contributed by atoms with van der Waals surface area (Å²) in [6, 6.07) is 8.62. The van der Waals surface area contributed by atoms with E-state index in [1.807, 2.05) is 12.1 Å². The Kier molecular flexibility index (Phi) is 4.93. The van der Waals surface area contributed by atoms with Crippen LogP contribution in [0.2, 0.25) is 0 Å². The van der Waals surface area contributed by atoms with E-state index in [-0.39, 0.29) is 25.4 Å². The van der Waals surface area contributed by atoms with Gasteiger partial charge in [0.15, 0.2) is 11.5 Å². The molecule has 0 saturated heterocycles. The SMILES string of the molecule is OC(CNCc1ccc2c(c1)OCO2)(Cn1cncn1)c1ccc(F)cc1F. The van der Waals surface area contributed by atoms with Crippen molar-refractivity contribution >= 4 is 0 Å². The molecule has 3 aromatic rings. The highest BCUT2D eigenvalue weighted by Gasteiger charge is 2.33. The highest BCUT2D eigenvalue weighted by molar-refractivity contribution is 5.44. The molecule has 0 spiro atoms. The van der Waals surface area contributed by atoms with E-state index in [1.54, 1.807) is 6.07 Å². The minimum Gasteiger partial charge on any atom is -0.454 e. The molecule has 2 N–H and O–H groups in total. The first-order valence-electron chi connectivity index (χ1n) is 8.63. The predicted octanol–water partition coefficient (Wildman–Crippen LogP) is 1.96. The predicted molar refractivity (Wildman–Crippen MR) is 94.5 cm³/mol. The van der Waals surface area contributed by atoms with Gasteiger partial charge in [0.25, 0.3) is 0 Å². The van der Waals surface area contributed by atoms with Crippen molar-refractivity contribution in [3.63, 3.8) is 0 Å². The highest BCUT2D eigenvalue weighted by Crippen LogP contribution is 2.32. The third kappa shape index (κ3) is 3.80. The molecule has 146 valence electrons. The summed E-state index contributed by atoms with van der Waals surface area (Å²) < 4.78 is 39.7. The Labute approximate surface area is 159 Å². The average Bonchev–Trinajstić information content (AvgIpc) is 3.32. The van der Waals surface area contributed by atoms with Crippen LogP contribution in [0.15, 0.2) is 49.1 Å². The molecule has 0 amide bonds. The molecule has 0 radical (unpaired) electrons. The lowest BCUT2D eigenvalue weighted by atomic mass is 9.92. The zero-order valence-corrected chi connectivity index (χ0v) is 14.8. The van der Waals surface area contributed by atoms with Gasteiger partial charge in [0, 0.05) is 24.7 Å². The van der Waals surface area contributed by atoms with Crippen molar-refractivity contribution in [3.05, 3.63) is 71.8 Å². The summed E-state index contributed by atoms with van der Waals surface area (Å²) in [6.45, 7) is 0.542. The Morgan fingerprint density at radius 2 is 2.00 bits per heavy atom. The van der Waals surface area contributed by atoms with Crippen LogP contribution in [0.25, 0.3) is 0 Å². The molecular weight excluding hydrogens is 370 g/mol. The standard InChI is InChI=1S/C19H18F2N4O3/c20-14-2-3-15(16(21)6-14)19(26,9-25-11-23-10-24-25)8-22-7-13-1-4-17-18(5-13)28-12-27-17/h1-6,10-11,22,26H,7-9,12H2. The van der Waals surface area contributed by atoms with Gasteiger partial charge in [-0.05, 0) is 23.8 Å². The minimum atomic E-state index is -1.66. The fourth-order valence-electron chi connectivity index (χ4n) is 3.15. The first-order chi connectivity index (χ1) is 13.5. The fourth-order valence-corrected chi connectivity index (χ4v) is 3.15. The van der Waals surface area contributed by atoms with Gasteiger partial charge >= 0.3 is 0 Å².